The average molecular weight is 379 g/mol. The number of thiophene rings is 1. The molecule has 0 bridgehead atoms. The first-order valence-corrected chi connectivity index (χ1v) is 10.2. The molecule has 1 fully saturated rings. The molecule has 2 N–H and O–H groups in total. The highest BCUT2D eigenvalue weighted by Gasteiger charge is 2.18. The van der Waals surface area contributed by atoms with E-state index in [4.69, 9.17) is 9.97 Å². The van der Waals surface area contributed by atoms with Crippen LogP contribution < -0.4 is 5.32 Å². The van der Waals surface area contributed by atoms with Gasteiger partial charge in [-0.05, 0) is 63.5 Å². The summed E-state index contributed by atoms with van der Waals surface area (Å²) in [5.74, 6) is 1.80. The van der Waals surface area contributed by atoms with Crippen molar-refractivity contribution in [3.05, 3.63) is 40.7 Å². The third-order valence-electron chi connectivity index (χ3n) is 5.34. The average Bonchev–Trinajstić information content (AvgIpc) is 3.37. The third kappa shape index (κ3) is 3.07. The molecule has 0 aliphatic carbocycles. The van der Waals surface area contributed by atoms with Crippen molar-refractivity contribution < 1.29 is 0 Å². The fourth-order valence-corrected chi connectivity index (χ4v) is 4.80. The Hall–Kier alpha value is -2.51. The lowest BCUT2D eigenvalue weighted by Crippen LogP contribution is -2.20. The number of nitrogens with zero attached hydrogens (tertiary/aromatic N) is 4. The van der Waals surface area contributed by atoms with Crippen molar-refractivity contribution in [3.63, 3.8) is 0 Å². The van der Waals surface area contributed by atoms with Gasteiger partial charge in [-0.15, -0.1) is 11.3 Å². The second-order valence-corrected chi connectivity index (χ2v) is 8.44. The predicted molar refractivity (Wildman–Crippen MR) is 111 cm³/mol. The Morgan fingerprint density at radius 3 is 2.89 bits per heavy atom. The van der Waals surface area contributed by atoms with Gasteiger partial charge >= 0.3 is 0 Å². The standard InChI is InChI=1S/C20H22N6S/c1-12-13(2)27-20-18(12)19(23-17(24-20)11-26-7-3-4-8-26)22-15-5-6-16-14(9-15)10-21-25-16/h5-6,9-10H,3-4,7-8,11H2,1-2H3,(H,21,25)(H,22,23,24). The predicted octanol–water partition coefficient (Wildman–Crippen LogP) is 4.52. The van der Waals surface area contributed by atoms with Crippen molar-refractivity contribution >= 4 is 44.0 Å². The number of hydrogen-bond donors (Lipinski definition) is 2. The highest BCUT2D eigenvalue weighted by atomic mass is 32.1. The van der Waals surface area contributed by atoms with E-state index in [0.29, 0.717) is 0 Å². The molecular formula is C20H22N6S. The monoisotopic (exact) mass is 378 g/mol. The van der Waals surface area contributed by atoms with Crippen LogP contribution in [-0.4, -0.2) is 38.2 Å². The van der Waals surface area contributed by atoms with Crippen LogP contribution in [0.15, 0.2) is 24.4 Å². The zero-order valence-corrected chi connectivity index (χ0v) is 16.4. The first-order chi connectivity index (χ1) is 13.2. The number of fused-ring (bicyclic) bond motifs is 2. The molecule has 0 amide bonds. The van der Waals surface area contributed by atoms with Crippen LogP contribution in [0.1, 0.15) is 29.1 Å². The number of hydrogen-bond acceptors (Lipinski definition) is 6. The first kappa shape index (κ1) is 16.6. The molecule has 1 aromatic carbocycles. The largest absolute Gasteiger partial charge is 0.340 e. The molecule has 1 aliphatic rings. The van der Waals surface area contributed by atoms with E-state index < -0.39 is 0 Å². The van der Waals surface area contributed by atoms with Crippen LogP contribution in [0.5, 0.6) is 0 Å². The van der Waals surface area contributed by atoms with Gasteiger partial charge in [0.2, 0.25) is 0 Å². The van der Waals surface area contributed by atoms with E-state index in [2.05, 4.69) is 46.4 Å². The molecule has 0 saturated carbocycles. The van der Waals surface area contributed by atoms with Gasteiger partial charge in [-0.2, -0.15) is 5.10 Å². The Morgan fingerprint density at radius 1 is 1.19 bits per heavy atom. The highest BCUT2D eigenvalue weighted by molar-refractivity contribution is 7.18. The van der Waals surface area contributed by atoms with Gasteiger partial charge < -0.3 is 5.32 Å². The molecule has 1 saturated heterocycles. The van der Waals surface area contributed by atoms with Crippen LogP contribution >= 0.6 is 11.3 Å². The molecule has 4 aromatic rings. The van der Waals surface area contributed by atoms with Gasteiger partial charge in [0.25, 0.3) is 0 Å². The van der Waals surface area contributed by atoms with E-state index in [1.54, 1.807) is 11.3 Å². The van der Waals surface area contributed by atoms with Crippen molar-refractivity contribution in [2.75, 3.05) is 18.4 Å². The second-order valence-electron chi connectivity index (χ2n) is 7.23. The lowest BCUT2D eigenvalue weighted by molar-refractivity contribution is 0.323. The number of anilines is 2. The number of aryl methyl sites for hydroxylation is 2. The number of nitrogens with one attached hydrogen (secondary N) is 2. The Kier molecular flexibility index (Phi) is 4.06. The fraction of sp³-hybridized carbons (Fsp3) is 0.350. The molecule has 0 radical (unpaired) electrons. The zero-order chi connectivity index (χ0) is 18.4. The Balaban J connectivity index is 1.57. The maximum absolute atomic E-state index is 4.92. The van der Waals surface area contributed by atoms with Crippen LogP contribution in [0.25, 0.3) is 21.1 Å². The van der Waals surface area contributed by atoms with E-state index in [1.807, 2.05) is 12.3 Å². The molecule has 27 heavy (non-hydrogen) atoms. The van der Waals surface area contributed by atoms with Crippen molar-refractivity contribution in [3.8, 4) is 0 Å². The number of likely N-dealkylation sites (tertiary alicyclic amines) is 1. The van der Waals surface area contributed by atoms with Crippen molar-refractivity contribution in [1.82, 2.24) is 25.1 Å². The summed E-state index contributed by atoms with van der Waals surface area (Å²) >= 11 is 1.75. The van der Waals surface area contributed by atoms with Gasteiger partial charge in [-0.1, -0.05) is 0 Å². The SMILES string of the molecule is Cc1sc2nc(CN3CCCC3)nc(Nc3ccc4[nH]ncc4c3)c2c1C. The Labute approximate surface area is 161 Å². The lowest BCUT2D eigenvalue weighted by Gasteiger charge is -2.15. The summed E-state index contributed by atoms with van der Waals surface area (Å²) in [6, 6.07) is 6.20. The number of aromatic amines is 1. The first-order valence-electron chi connectivity index (χ1n) is 9.36. The summed E-state index contributed by atoms with van der Waals surface area (Å²) in [5.41, 5.74) is 3.31. The second kappa shape index (κ2) is 6.58. The summed E-state index contributed by atoms with van der Waals surface area (Å²) in [6.45, 7) is 7.42. The maximum Gasteiger partial charge on any atom is 0.146 e. The minimum atomic E-state index is 0.821. The van der Waals surface area contributed by atoms with Gasteiger partial charge in [0.1, 0.15) is 16.5 Å². The molecule has 0 spiro atoms. The number of aromatic nitrogens is 4. The number of rotatable bonds is 4. The van der Waals surface area contributed by atoms with Crippen LogP contribution in [0.3, 0.4) is 0 Å². The minimum Gasteiger partial charge on any atom is -0.340 e. The minimum absolute atomic E-state index is 0.821. The van der Waals surface area contributed by atoms with Gasteiger partial charge in [0, 0.05) is 16.0 Å². The smallest absolute Gasteiger partial charge is 0.146 e. The van der Waals surface area contributed by atoms with Crippen LogP contribution in [0.2, 0.25) is 0 Å². The summed E-state index contributed by atoms with van der Waals surface area (Å²) in [7, 11) is 0. The van der Waals surface area contributed by atoms with Gasteiger partial charge in [-0.3, -0.25) is 10.00 Å². The van der Waals surface area contributed by atoms with E-state index >= 15 is 0 Å². The number of H-pyrrole nitrogens is 1. The summed E-state index contributed by atoms with van der Waals surface area (Å²) in [5, 5.41) is 12.9. The van der Waals surface area contributed by atoms with E-state index in [9.17, 15) is 0 Å². The molecule has 7 heteroatoms. The van der Waals surface area contributed by atoms with Crippen molar-refractivity contribution in [2.45, 2.75) is 33.2 Å². The van der Waals surface area contributed by atoms with E-state index in [0.717, 1.165) is 58.1 Å². The van der Waals surface area contributed by atoms with E-state index in [-0.39, 0.29) is 0 Å². The van der Waals surface area contributed by atoms with Crippen LogP contribution in [0.4, 0.5) is 11.5 Å². The topological polar surface area (TPSA) is 69.7 Å². The summed E-state index contributed by atoms with van der Waals surface area (Å²) in [6.07, 6.45) is 4.39. The highest BCUT2D eigenvalue weighted by Crippen LogP contribution is 2.35. The zero-order valence-electron chi connectivity index (χ0n) is 15.5. The Morgan fingerprint density at radius 2 is 2.04 bits per heavy atom. The van der Waals surface area contributed by atoms with Crippen LogP contribution in [0, 0.1) is 13.8 Å². The quantitative estimate of drug-likeness (QED) is 0.546. The summed E-state index contributed by atoms with van der Waals surface area (Å²) < 4.78 is 0. The molecule has 0 atom stereocenters. The summed E-state index contributed by atoms with van der Waals surface area (Å²) in [4.78, 5) is 14.6. The lowest BCUT2D eigenvalue weighted by atomic mass is 10.2. The van der Waals surface area contributed by atoms with Gasteiger partial charge in [0.05, 0.1) is 23.6 Å². The molecule has 5 rings (SSSR count). The molecule has 0 unspecified atom stereocenters. The fourth-order valence-electron chi connectivity index (χ4n) is 3.75. The third-order valence-corrected chi connectivity index (χ3v) is 6.44. The molecule has 1 aliphatic heterocycles. The van der Waals surface area contributed by atoms with Crippen molar-refractivity contribution in [1.29, 1.82) is 0 Å². The van der Waals surface area contributed by atoms with Crippen LogP contribution in [-0.2, 0) is 6.54 Å². The van der Waals surface area contributed by atoms with Crippen molar-refractivity contribution in [2.24, 2.45) is 0 Å². The number of benzene rings is 1. The van der Waals surface area contributed by atoms with Gasteiger partial charge in [-0.25, -0.2) is 9.97 Å². The Bertz CT molecular complexity index is 1120. The molecule has 4 heterocycles. The van der Waals surface area contributed by atoms with Gasteiger partial charge in [0.15, 0.2) is 0 Å². The molecule has 138 valence electrons. The normalized spacial score (nSPS) is 15.2. The van der Waals surface area contributed by atoms with E-state index in [1.165, 1.54) is 23.3 Å². The molecule has 3 aromatic heterocycles. The maximum atomic E-state index is 4.92. The molecule has 6 nitrogen and oxygen atoms in total. The molecular weight excluding hydrogens is 356 g/mol.